The van der Waals surface area contributed by atoms with Gasteiger partial charge in [0, 0.05) is 17.2 Å². The van der Waals surface area contributed by atoms with Gasteiger partial charge in [-0.25, -0.2) is 15.4 Å². The molecule has 1 unspecified atom stereocenters. The highest BCUT2D eigenvalue weighted by Gasteiger charge is 2.40. The minimum absolute atomic E-state index is 0.0286. The third-order valence-corrected chi connectivity index (χ3v) is 6.96. The first-order valence-corrected chi connectivity index (χ1v) is 12.0. The molecule has 34 heavy (non-hydrogen) atoms. The maximum Gasteiger partial charge on any atom is 0.221 e. The van der Waals surface area contributed by atoms with Crippen LogP contribution in [0.4, 0.5) is 0 Å². The van der Waals surface area contributed by atoms with E-state index in [1.165, 1.54) is 29.6 Å². The number of aromatic nitrogens is 1. The van der Waals surface area contributed by atoms with E-state index in [-0.39, 0.29) is 6.04 Å². The van der Waals surface area contributed by atoms with Crippen LogP contribution in [0.15, 0.2) is 101 Å². The molecule has 170 valence electrons. The summed E-state index contributed by atoms with van der Waals surface area (Å²) >= 11 is 6.89. The summed E-state index contributed by atoms with van der Waals surface area (Å²) in [7, 11) is 1.68. The molecule has 2 aliphatic heterocycles. The van der Waals surface area contributed by atoms with Gasteiger partial charge in [0.2, 0.25) is 5.88 Å². The first-order chi connectivity index (χ1) is 16.7. The van der Waals surface area contributed by atoms with Crippen LogP contribution in [0.2, 0.25) is 0 Å². The van der Waals surface area contributed by atoms with Crippen LogP contribution >= 0.6 is 11.6 Å². The van der Waals surface area contributed by atoms with Crippen LogP contribution in [0.25, 0.3) is 16.5 Å². The van der Waals surface area contributed by atoms with Crippen molar-refractivity contribution in [1.29, 1.82) is 0 Å². The molecule has 0 spiro atoms. The minimum atomic E-state index is -0.0286. The Kier molecular flexibility index (Phi) is 5.44. The summed E-state index contributed by atoms with van der Waals surface area (Å²) in [6.07, 6.45) is 8.71. The van der Waals surface area contributed by atoms with Crippen LogP contribution in [-0.2, 0) is 4.74 Å². The van der Waals surface area contributed by atoms with E-state index in [0.29, 0.717) is 11.1 Å². The number of nitrogens with one attached hydrogen (secondary N) is 1. The average molecular weight is 469 g/mol. The third-order valence-electron chi connectivity index (χ3n) is 6.68. The first-order valence-electron chi connectivity index (χ1n) is 11.7. The minimum Gasteiger partial charge on any atom is -0.481 e. The van der Waals surface area contributed by atoms with Crippen molar-refractivity contribution in [3.8, 4) is 0 Å². The number of hydrogen-bond acceptors (Lipinski definition) is 5. The molecule has 3 aliphatic rings. The van der Waals surface area contributed by atoms with Gasteiger partial charge in [0.05, 0.1) is 24.2 Å². The molecule has 3 aromatic rings. The number of rotatable bonds is 4. The molecule has 2 aromatic carbocycles. The van der Waals surface area contributed by atoms with Gasteiger partial charge in [-0.3, -0.25) is 4.98 Å². The normalized spacial score (nSPS) is 20.4. The molecule has 0 fully saturated rings. The van der Waals surface area contributed by atoms with Gasteiger partial charge < -0.3 is 4.74 Å². The molecule has 1 aromatic heterocycles. The SMILES string of the molecule is COC1=C(c2ccc3ncccc3c2)C(Cl)=NC2=C(C3=CCCCC3)C(c3ccccc3)NN21. The van der Waals surface area contributed by atoms with Gasteiger partial charge in [0.1, 0.15) is 5.17 Å². The van der Waals surface area contributed by atoms with E-state index in [4.69, 9.17) is 21.3 Å². The molecule has 0 radical (unpaired) electrons. The Morgan fingerprint density at radius 1 is 1.06 bits per heavy atom. The number of hydrogen-bond donors (Lipinski definition) is 1. The topological polar surface area (TPSA) is 49.8 Å². The van der Waals surface area contributed by atoms with Crippen LogP contribution in [0.5, 0.6) is 0 Å². The van der Waals surface area contributed by atoms with E-state index < -0.39 is 0 Å². The van der Waals surface area contributed by atoms with Crippen molar-refractivity contribution >= 4 is 33.2 Å². The van der Waals surface area contributed by atoms with Gasteiger partial charge in [-0.2, -0.15) is 0 Å². The number of benzene rings is 2. The summed E-state index contributed by atoms with van der Waals surface area (Å²) in [6, 6.07) is 20.6. The van der Waals surface area contributed by atoms with Crippen molar-refractivity contribution < 1.29 is 4.74 Å². The lowest BCUT2D eigenvalue weighted by molar-refractivity contribution is 0.145. The number of aliphatic imine (C=N–C) groups is 1. The molecule has 1 atom stereocenters. The molecule has 0 saturated heterocycles. The van der Waals surface area contributed by atoms with Crippen molar-refractivity contribution in [3.63, 3.8) is 0 Å². The second-order valence-corrected chi connectivity index (χ2v) is 9.08. The van der Waals surface area contributed by atoms with Crippen LogP contribution in [0.1, 0.15) is 42.9 Å². The Bertz CT molecular complexity index is 1390. The zero-order valence-electron chi connectivity index (χ0n) is 19.0. The second-order valence-electron chi connectivity index (χ2n) is 8.72. The van der Waals surface area contributed by atoms with Crippen LogP contribution in [0, 0.1) is 0 Å². The van der Waals surface area contributed by atoms with E-state index in [2.05, 4.69) is 46.8 Å². The number of pyridine rings is 1. The molecule has 0 bridgehead atoms. The molecule has 1 aliphatic carbocycles. The van der Waals surface area contributed by atoms with Crippen molar-refractivity contribution in [2.45, 2.75) is 31.7 Å². The molecule has 6 heteroatoms. The summed E-state index contributed by atoms with van der Waals surface area (Å²) in [6.45, 7) is 0. The molecule has 1 N–H and O–H groups in total. The standard InChI is InChI=1S/C28H25ClN4O/c1-34-28-24(21-14-15-22-20(17-21)13-8-16-30-22)26(29)31-27-23(18-9-4-2-5-10-18)25(32-33(27)28)19-11-6-3-7-12-19/h3,6-9,11-17,25,32H,2,4-5,10H2,1H3. The Balaban J connectivity index is 1.52. The third kappa shape index (κ3) is 3.52. The Morgan fingerprint density at radius 2 is 1.94 bits per heavy atom. The quantitative estimate of drug-likeness (QED) is 0.476. The largest absolute Gasteiger partial charge is 0.481 e. The smallest absolute Gasteiger partial charge is 0.221 e. The second kappa shape index (κ2) is 8.75. The van der Waals surface area contributed by atoms with Crippen LogP contribution < -0.4 is 5.43 Å². The maximum absolute atomic E-state index is 6.89. The zero-order chi connectivity index (χ0) is 23.1. The Labute approximate surface area is 204 Å². The van der Waals surface area contributed by atoms with Crippen molar-refractivity contribution in [1.82, 2.24) is 15.4 Å². The van der Waals surface area contributed by atoms with Crippen molar-refractivity contribution in [2.75, 3.05) is 7.11 Å². The van der Waals surface area contributed by atoms with E-state index >= 15 is 0 Å². The Hall–Kier alpha value is -3.41. The number of methoxy groups -OCH3 is 1. The summed E-state index contributed by atoms with van der Waals surface area (Å²) in [5.74, 6) is 1.46. The lowest BCUT2D eigenvalue weighted by atomic mass is 9.87. The zero-order valence-corrected chi connectivity index (χ0v) is 19.7. The highest BCUT2D eigenvalue weighted by Crippen LogP contribution is 2.45. The molecular weight excluding hydrogens is 444 g/mol. The van der Waals surface area contributed by atoms with Crippen molar-refractivity contribution in [2.24, 2.45) is 4.99 Å². The van der Waals surface area contributed by atoms with E-state index in [9.17, 15) is 0 Å². The fourth-order valence-electron chi connectivity index (χ4n) is 5.08. The lowest BCUT2D eigenvalue weighted by Gasteiger charge is -2.29. The predicted molar refractivity (Wildman–Crippen MR) is 137 cm³/mol. The summed E-state index contributed by atoms with van der Waals surface area (Å²) in [5.41, 5.74) is 10.0. The molecule has 5 nitrogen and oxygen atoms in total. The fourth-order valence-corrected chi connectivity index (χ4v) is 5.35. The number of allylic oxidation sites excluding steroid dienone is 2. The molecular formula is C28H25ClN4O. The highest BCUT2D eigenvalue weighted by atomic mass is 35.5. The van der Waals surface area contributed by atoms with E-state index in [1.807, 2.05) is 35.3 Å². The van der Waals surface area contributed by atoms with Crippen molar-refractivity contribution in [3.05, 3.63) is 107 Å². The molecule has 3 heterocycles. The van der Waals surface area contributed by atoms with Gasteiger partial charge in [0.15, 0.2) is 5.82 Å². The van der Waals surface area contributed by atoms with Crippen LogP contribution in [-0.4, -0.2) is 22.3 Å². The summed E-state index contributed by atoms with van der Waals surface area (Å²) in [5, 5.41) is 3.44. The summed E-state index contributed by atoms with van der Waals surface area (Å²) in [4.78, 5) is 9.38. The van der Waals surface area contributed by atoms with E-state index in [1.54, 1.807) is 13.3 Å². The molecule has 0 saturated carbocycles. The number of halogens is 1. The van der Waals surface area contributed by atoms with Gasteiger partial charge in [0.25, 0.3) is 0 Å². The number of fused-ring (bicyclic) bond motifs is 2. The Morgan fingerprint density at radius 3 is 2.74 bits per heavy atom. The predicted octanol–water partition coefficient (Wildman–Crippen LogP) is 6.47. The number of nitrogens with zero attached hydrogens (tertiary/aromatic N) is 3. The number of hydrazine groups is 1. The van der Waals surface area contributed by atoms with Crippen LogP contribution in [0.3, 0.4) is 0 Å². The summed E-state index contributed by atoms with van der Waals surface area (Å²) < 4.78 is 5.98. The monoisotopic (exact) mass is 468 g/mol. The van der Waals surface area contributed by atoms with Gasteiger partial charge in [-0.1, -0.05) is 60.1 Å². The molecule has 6 rings (SSSR count). The van der Waals surface area contributed by atoms with Gasteiger partial charge in [-0.15, -0.1) is 0 Å². The lowest BCUT2D eigenvalue weighted by Crippen LogP contribution is -2.36. The molecule has 0 amide bonds. The van der Waals surface area contributed by atoms with Gasteiger partial charge >= 0.3 is 0 Å². The first kappa shape index (κ1) is 21.1. The number of ether oxygens (including phenoxy) is 1. The fraction of sp³-hybridized carbons (Fsp3) is 0.214. The van der Waals surface area contributed by atoms with Gasteiger partial charge in [-0.05, 0) is 60.6 Å². The average Bonchev–Trinajstić information content (AvgIpc) is 3.27. The highest BCUT2D eigenvalue weighted by molar-refractivity contribution is 6.76. The maximum atomic E-state index is 6.89. The van der Waals surface area contributed by atoms with E-state index in [0.717, 1.165) is 40.7 Å².